The van der Waals surface area contributed by atoms with Crippen LogP contribution in [0.15, 0.2) is 12.3 Å². The Labute approximate surface area is 117 Å². The minimum absolute atomic E-state index is 0.0555. The molecule has 0 radical (unpaired) electrons. The van der Waals surface area contributed by atoms with Crippen molar-refractivity contribution >= 4 is 33.5 Å². The normalized spacial score (nSPS) is 13.2. The van der Waals surface area contributed by atoms with E-state index in [4.69, 9.17) is 0 Å². The average molecular weight is 306 g/mol. The maximum Gasteiger partial charge on any atom is 0.243 e. The van der Waals surface area contributed by atoms with Crippen LogP contribution in [0.5, 0.6) is 0 Å². The van der Waals surface area contributed by atoms with E-state index in [1.807, 2.05) is 6.26 Å². The summed E-state index contributed by atoms with van der Waals surface area (Å²) in [5, 5.41) is 8.88. The lowest BCUT2D eigenvalue weighted by Crippen LogP contribution is -2.44. The van der Waals surface area contributed by atoms with E-state index in [1.54, 1.807) is 17.8 Å². The van der Waals surface area contributed by atoms with E-state index < -0.39 is 22.0 Å². The first-order chi connectivity index (χ1) is 8.98. The van der Waals surface area contributed by atoms with Crippen LogP contribution < -0.4 is 10.0 Å². The summed E-state index contributed by atoms with van der Waals surface area (Å²) >= 11 is 1.55. The maximum absolute atomic E-state index is 12.0. The second kappa shape index (κ2) is 7.51. The standard InChI is InChI=1S/C10H18N4O3S2/c1-3-19(16,17)14-8(5-7-18-2)10(15)12-9-4-6-11-13-9/h4,6,8,14H,3,5,7H2,1-2H3,(H2,11,12,13,15). The highest BCUT2D eigenvalue weighted by molar-refractivity contribution is 7.98. The smallest absolute Gasteiger partial charge is 0.243 e. The van der Waals surface area contributed by atoms with Gasteiger partial charge in [0.05, 0.1) is 11.9 Å². The van der Waals surface area contributed by atoms with Crippen molar-refractivity contribution in [2.24, 2.45) is 0 Å². The van der Waals surface area contributed by atoms with Crippen LogP contribution in [-0.2, 0) is 14.8 Å². The van der Waals surface area contributed by atoms with Crippen LogP contribution >= 0.6 is 11.8 Å². The van der Waals surface area contributed by atoms with E-state index in [2.05, 4.69) is 20.2 Å². The highest BCUT2D eigenvalue weighted by Crippen LogP contribution is 2.06. The van der Waals surface area contributed by atoms with E-state index in [0.717, 1.165) is 0 Å². The van der Waals surface area contributed by atoms with Crippen molar-refractivity contribution in [2.45, 2.75) is 19.4 Å². The second-order valence-electron chi connectivity index (χ2n) is 3.81. The third-order valence-electron chi connectivity index (χ3n) is 2.39. The molecule has 1 heterocycles. The Morgan fingerprint density at radius 3 is 2.84 bits per heavy atom. The molecule has 3 N–H and O–H groups in total. The third-order valence-corrected chi connectivity index (χ3v) is 4.44. The molecule has 108 valence electrons. The summed E-state index contributed by atoms with van der Waals surface area (Å²) in [4.78, 5) is 12.0. The number of carbonyl (C=O) groups excluding carboxylic acids is 1. The monoisotopic (exact) mass is 306 g/mol. The molecule has 0 aliphatic carbocycles. The second-order valence-corrected chi connectivity index (χ2v) is 6.84. The number of H-pyrrole nitrogens is 1. The molecule has 1 aromatic rings. The fourth-order valence-corrected chi connectivity index (χ4v) is 2.62. The molecule has 1 aromatic heterocycles. The molecule has 1 rings (SSSR count). The van der Waals surface area contributed by atoms with Crippen LogP contribution in [0.3, 0.4) is 0 Å². The van der Waals surface area contributed by atoms with E-state index in [-0.39, 0.29) is 5.75 Å². The van der Waals surface area contributed by atoms with Crippen LogP contribution in [0.4, 0.5) is 5.82 Å². The Kier molecular flexibility index (Phi) is 6.32. The largest absolute Gasteiger partial charge is 0.310 e. The van der Waals surface area contributed by atoms with Gasteiger partial charge in [0.2, 0.25) is 15.9 Å². The summed E-state index contributed by atoms with van der Waals surface area (Å²) < 4.78 is 25.5. The summed E-state index contributed by atoms with van der Waals surface area (Å²) in [5.41, 5.74) is 0. The molecule has 0 aliphatic rings. The van der Waals surface area contributed by atoms with Gasteiger partial charge >= 0.3 is 0 Å². The zero-order valence-electron chi connectivity index (χ0n) is 10.8. The molecular formula is C10H18N4O3S2. The van der Waals surface area contributed by atoms with Crippen molar-refractivity contribution in [1.82, 2.24) is 14.9 Å². The number of aromatic nitrogens is 2. The van der Waals surface area contributed by atoms with E-state index in [9.17, 15) is 13.2 Å². The number of amides is 1. The van der Waals surface area contributed by atoms with E-state index in [0.29, 0.717) is 18.0 Å². The number of rotatable bonds is 8. The lowest BCUT2D eigenvalue weighted by Gasteiger charge is -2.17. The molecule has 1 atom stereocenters. The summed E-state index contributed by atoms with van der Waals surface area (Å²) in [7, 11) is -3.42. The molecule has 19 heavy (non-hydrogen) atoms. The highest BCUT2D eigenvalue weighted by Gasteiger charge is 2.23. The number of sulfonamides is 1. The molecule has 1 amide bonds. The molecule has 7 nitrogen and oxygen atoms in total. The van der Waals surface area contributed by atoms with Crippen LogP contribution in [0.2, 0.25) is 0 Å². The van der Waals surface area contributed by atoms with Crippen LogP contribution in [-0.4, -0.2) is 48.3 Å². The fraction of sp³-hybridized carbons (Fsp3) is 0.600. The topological polar surface area (TPSA) is 104 Å². The van der Waals surface area contributed by atoms with Crippen molar-refractivity contribution < 1.29 is 13.2 Å². The van der Waals surface area contributed by atoms with Gasteiger partial charge in [-0.1, -0.05) is 0 Å². The molecule has 0 saturated carbocycles. The minimum Gasteiger partial charge on any atom is -0.310 e. The summed E-state index contributed by atoms with van der Waals surface area (Å²) in [6, 6.07) is 0.818. The maximum atomic E-state index is 12.0. The Balaban J connectivity index is 2.69. The summed E-state index contributed by atoms with van der Waals surface area (Å²) in [6.07, 6.45) is 3.83. The lowest BCUT2D eigenvalue weighted by molar-refractivity contribution is -0.117. The van der Waals surface area contributed by atoms with Gasteiger partial charge < -0.3 is 5.32 Å². The Morgan fingerprint density at radius 2 is 2.32 bits per heavy atom. The molecule has 0 aromatic carbocycles. The predicted molar refractivity (Wildman–Crippen MR) is 76.6 cm³/mol. The van der Waals surface area contributed by atoms with Gasteiger partial charge in [-0.25, -0.2) is 13.1 Å². The number of hydrogen-bond acceptors (Lipinski definition) is 5. The first-order valence-corrected chi connectivity index (χ1v) is 8.82. The molecule has 0 spiro atoms. The van der Waals surface area contributed by atoms with E-state index in [1.165, 1.54) is 13.1 Å². The lowest BCUT2D eigenvalue weighted by atomic mass is 10.2. The number of nitrogens with one attached hydrogen (secondary N) is 3. The van der Waals surface area contributed by atoms with Gasteiger partial charge in [0.1, 0.15) is 11.9 Å². The van der Waals surface area contributed by atoms with Crippen LogP contribution in [0.1, 0.15) is 13.3 Å². The number of hydrogen-bond donors (Lipinski definition) is 3. The molecule has 0 aliphatic heterocycles. The molecule has 0 bridgehead atoms. The van der Waals surface area contributed by atoms with Crippen LogP contribution in [0, 0.1) is 0 Å². The van der Waals surface area contributed by atoms with Gasteiger partial charge in [-0.15, -0.1) is 0 Å². The summed E-state index contributed by atoms with van der Waals surface area (Å²) in [5.74, 6) is 0.679. The van der Waals surface area contributed by atoms with Gasteiger partial charge in [0, 0.05) is 6.07 Å². The Morgan fingerprint density at radius 1 is 1.58 bits per heavy atom. The number of nitrogens with zero attached hydrogens (tertiary/aromatic N) is 1. The SMILES string of the molecule is CCS(=O)(=O)NC(CCSC)C(=O)Nc1ccn[nH]1. The highest BCUT2D eigenvalue weighted by atomic mass is 32.2. The van der Waals surface area contributed by atoms with Crippen molar-refractivity contribution in [3.05, 3.63) is 12.3 Å². The third kappa shape index (κ3) is 5.62. The van der Waals surface area contributed by atoms with Gasteiger partial charge in [-0.2, -0.15) is 16.9 Å². The average Bonchev–Trinajstić information content (AvgIpc) is 2.87. The van der Waals surface area contributed by atoms with E-state index >= 15 is 0 Å². The molecule has 1 unspecified atom stereocenters. The number of thioether (sulfide) groups is 1. The first-order valence-electron chi connectivity index (χ1n) is 5.77. The quantitative estimate of drug-likeness (QED) is 0.645. The van der Waals surface area contributed by atoms with Gasteiger partial charge in [-0.05, 0) is 25.4 Å². The zero-order chi connectivity index (χ0) is 14.3. The van der Waals surface area contributed by atoms with Crippen molar-refractivity contribution in [3.8, 4) is 0 Å². The number of aromatic amines is 1. The van der Waals surface area contributed by atoms with Gasteiger partial charge in [0.25, 0.3) is 0 Å². The predicted octanol–water partition coefficient (Wildman–Crippen LogP) is 0.409. The van der Waals surface area contributed by atoms with Gasteiger partial charge in [0.15, 0.2) is 0 Å². The molecular weight excluding hydrogens is 288 g/mol. The number of carbonyl (C=O) groups is 1. The summed E-state index contributed by atoms with van der Waals surface area (Å²) in [6.45, 7) is 1.53. The fourth-order valence-electron chi connectivity index (χ4n) is 1.32. The molecule has 9 heteroatoms. The Bertz CT molecular complexity index is 487. The van der Waals surface area contributed by atoms with Gasteiger partial charge in [-0.3, -0.25) is 9.89 Å². The zero-order valence-corrected chi connectivity index (χ0v) is 12.5. The first kappa shape index (κ1) is 16.0. The molecule has 0 saturated heterocycles. The number of anilines is 1. The van der Waals surface area contributed by atoms with Crippen molar-refractivity contribution in [2.75, 3.05) is 23.1 Å². The van der Waals surface area contributed by atoms with Crippen molar-refractivity contribution in [1.29, 1.82) is 0 Å². The minimum atomic E-state index is -3.42. The van der Waals surface area contributed by atoms with Crippen molar-refractivity contribution in [3.63, 3.8) is 0 Å². The Hall–Kier alpha value is -1.06. The van der Waals surface area contributed by atoms with Crippen LogP contribution in [0.25, 0.3) is 0 Å². The molecule has 0 fully saturated rings.